The fraction of sp³-hybridized carbons (Fsp3) is 0.211. The van der Waals surface area contributed by atoms with E-state index in [0.717, 1.165) is 11.1 Å². The molecule has 0 bridgehead atoms. The summed E-state index contributed by atoms with van der Waals surface area (Å²) in [4.78, 5) is 35.3. The van der Waals surface area contributed by atoms with E-state index in [1.54, 1.807) is 12.1 Å². The van der Waals surface area contributed by atoms with E-state index in [1.807, 2.05) is 19.9 Å². The Kier molecular flexibility index (Phi) is 4.88. The number of hydrogen-bond donors (Lipinski definition) is 1. The van der Waals surface area contributed by atoms with Crippen LogP contribution in [-0.4, -0.2) is 18.4 Å². The number of furan rings is 1. The van der Waals surface area contributed by atoms with Crippen LogP contribution < -0.4 is 10.9 Å². The van der Waals surface area contributed by atoms with E-state index >= 15 is 0 Å². The molecule has 7 heteroatoms. The monoisotopic (exact) mass is 355 g/mol. The minimum Gasteiger partial charge on any atom is -0.459 e. The summed E-state index contributed by atoms with van der Waals surface area (Å²) in [6.07, 6.45) is 1.36. The maximum Gasteiger partial charge on any atom is 0.336 e. The molecule has 0 aliphatic rings. The second-order valence-electron chi connectivity index (χ2n) is 5.84. The molecule has 1 amide bonds. The number of aryl methyl sites for hydroxylation is 2. The van der Waals surface area contributed by atoms with Crippen LogP contribution >= 0.6 is 0 Å². The molecule has 0 unspecified atom stereocenters. The quantitative estimate of drug-likeness (QED) is 0.558. The molecular weight excluding hydrogens is 338 g/mol. The molecule has 134 valence electrons. The van der Waals surface area contributed by atoms with Gasteiger partial charge in [-0.15, -0.1) is 0 Å². The van der Waals surface area contributed by atoms with Crippen molar-refractivity contribution >= 4 is 22.8 Å². The Bertz CT molecular complexity index is 1020. The number of nitrogens with one attached hydrogen (secondary N) is 1. The van der Waals surface area contributed by atoms with Crippen molar-refractivity contribution in [2.75, 3.05) is 6.54 Å². The predicted molar refractivity (Wildman–Crippen MR) is 92.8 cm³/mol. The topological polar surface area (TPSA) is 98.7 Å². The molecule has 1 N–H and O–H groups in total. The van der Waals surface area contributed by atoms with Crippen molar-refractivity contribution in [2.24, 2.45) is 0 Å². The zero-order valence-corrected chi connectivity index (χ0v) is 14.3. The Labute approximate surface area is 148 Å². The highest BCUT2D eigenvalue weighted by Gasteiger charge is 2.13. The summed E-state index contributed by atoms with van der Waals surface area (Å²) >= 11 is 0. The van der Waals surface area contributed by atoms with Gasteiger partial charge in [0.2, 0.25) is 0 Å². The van der Waals surface area contributed by atoms with E-state index in [4.69, 9.17) is 13.6 Å². The fourth-order valence-electron chi connectivity index (χ4n) is 2.46. The average molecular weight is 355 g/mol. The molecule has 0 saturated carbocycles. The molecule has 26 heavy (non-hydrogen) atoms. The van der Waals surface area contributed by atoms with Crippen LogP contribution in [0.25, 0.3) is 11.0 Å². The van der Waals surface area contributed by atoms with Gasteiger partial charge >= 0.3 is 11.6 Å². The fourth-order valence-corrected chi connectivity index (χ4v) is 2.46. The zero-order valence-electron chi connectivity index (χ0n) is 14.3. The van der Waals surface area contributed by atoms with Gasteiger partial charge < -0.3 is 18.9 Å². The lowest BCUT2D eigenvalue weighted by Crippen LogP contribution is -2.30. The molecule has 1 aromatic carbocycles. The highest BCUT2D eigenvalue weighted by molar-refractivity contribution is 5.93. The molecule has 2 aromatic heterocycles. The van der Waals surface area contributed by atoms with Crippen LogP contribution in [-0.2, 0) is 16.1 Å². The molecule has 0 fully saturated rings. The van der Waals surface area contributed by atoms with Gasteiger partial charge in [-0.25, -0.2) is 4.79 Å². The number of ether oxygens (including phenoxy) is 1. The molecule has 3 rings (SSSR count). The first kappa shape index (κ1) is 17.5. The number of amides is 1. The van der Waals surface area contributed by atoms with Gasteiger partial charge in [-0.2, -0.15) is 0 Å². The molecule has 2 heterocycles. The Morgan fingerprint density at radius 3 is 2.65 bits per heavy atom. The summed E-state index contributed by atoms with van der Waals surface area (Å²) in [5.41, 5.74) is 2.50. The summed E-state index contributed by atoms with van der Waals surface area (Å²) in [7, 11) is 0. The lowest BCUT2D eigenvalue weighted by molar-refractivity contribution is -0.143. The first-order valence-corrected chi connectivity index (χ1v) is 7.95. The molecule has 0 aliphatic carbocycles. The van der Waals surface area contributed by atoms with Crippen molar-refractivity contribution in [2.45, 2.75) is 20.5 Å². The van der Waals surface area contributed by atoms with E-state index in [1.165, 1.54) is 18.4 Å². The number of rotatable bonds is 5. The van der Waals surface area contributed by atoms with Crippen LogP contribution in [0, 0.1) is 13.8 Å². The van der Waals surface area contributed by atoms with Crippen molar-refractivity contribution in [3.63, 3.8) is 0 Å². The minimum atomic E-state index is -0.630. The van der Waals surface area contributed by atoms with Crippen LogP contribution in [0.2, 0.25) is 0 Å². The third-order valence-electron chi connectivity index (χ3n) is 3.97. The van der Waals surface area contributed by atoms with Crippen LogP contribution in [0.3, 0.4) is 0 Å². The van der Waals surface area contributed by atoms with Gasteiger partial charge in [0.05, 0.1) is 6.26 Å². The first-order valence-electron chi connectivity index (χ1n) is 7.95. The molecule has 0 radical (unpaired) electrons. The van der Waals surface area contributed by atoms with Gasteiger partial charge in [0.25, 0.3) is 5.91 Å². The normalized spacial score (nSPS) is 10.7. The van der Waals surface area contributed by atoms with Gasteiger partial charge in [0.1, 0.15) is 18.7 Å². The van der Waals surface area contributed by atoms with Crippen molar-refractivity contribution in [1.29, 1.82) is 0 Å². The second-order valence-corrected chi connectivity index (χ2v) is 5.84. The molecule has 3 aromatic rings. The SMILES string of the molecule is Cc1cc2oc(=O)cc(COC(=O)CNC(=O)c3ccco3)c2cc1C. The zero-order chi connectivity index (χ0) is 18.7. The second kappa shape index (κ2) is 7.26. The highest BCUT2D eigenvalue weighted by Crippen LogP contribution is 2.22. The third-order valence-corrected chi connectivity index (χ3v) is 3.97. The summed E-state index contributed by atoms with van der Waals surface area (Å²) < 4.78 is 15.3. The first-order chi connectivity index (χ1) is 12.4. The largest absolute Gasteiger partial charge is 0.459 e. The van der Waals surface area contributed by atoms with Crippen LogP contribution in [0.5, 0.6) is 0 Å². The van der Waals surface area contributed by atoms with E-state index in [2.05, 4.69) is 5.32 Å². The minimum absolute atomic E-state index is 0.0972. The van der Waals surface area contributed by atoms with E-state index in [9.17, 15) is 14.4 Å². The smallest absolute Gasteiger partial charge is 0.336 e. The Hall–Kier alpha value is -3.35. The number of benzene rings is 1. The number of fused-ring (bicyclic) bond motifs is 1. The van der Waals surface area contributed by atoms with Gasteiger partial charge in [-0.3, -0.25) is 9.59 Å². The van der Waals surface area contributed by atoms with E-state index in [-0.39, 0.29) is 18.9 Å². The molecular formula is C19H17NO6. The van der Waals surface area contributed by atoms with Crippen LogP contribution in [0.1, 0.15) is 27.2 Å². The maximum atomic E-state index is 11.9. The van der Waals surface area contributed by atoms with Gasteiger partial charge in [0, 0.05) is 17.0 Å². The molecule has 0 atom stereocenters. The lowest BCUT2D eigenvalue weighted by atomic mass is 10.0. The van der Waals surface area contributed by atoms with Crippen molar-refractivity contribution < 1.29 is 23.2 Å². The average Bonchev–Trinajstić information content (AvgIpc) is 3.14. The van der Waals surface area contributed by atoms with Gasteiger partial charge in [0.15, 0.2) is 5.76 Å². The highest BCUT2D eigenvalue weighted by atomic mass is 16.5. The van der Waals surface area contributed by atoms with Gasteiger partial charge in [-0.05, 0) is 49.2 Å². The Balaban J connectivity index is 1.67. The predicted octanol–water partition coefficient (Wildman–Crippen LogP) is 2.48. The van der Waals surface area contributed by atoms with E-state index < -0.39 is 17.5 Å². The van der Waals surface area contributed by atoms with Crippen molar-refractivity contribution in [3.05, 3.63) is 69.5 Å². The Morgan fingerprint density at radius 2 is 1.92 bits per heavy atom. The standard InChI is InChI=1S/C19H17NO6/c1-11-6-14-13(8-17(21)26-16(14)7-12(11)2)10-25-18(22)9-20-19(23)15-4-3-5-24-15/h3-8H,9-10H2,1-2H3,(H,20,23). The van der Waals surface area contributed by atoms with Crippen molar-refractivity contribution in [3.8, 4) is 0 Å². The lowest BCUT2D eigenvalue weighted by Gasteiger charge is -2.09. The number of carbonyl (C=O) groups excluding carboxylic acids is 2. The molecule has 7 nitrogen and oxygen atoms in total. The van der Waals surface area contributed by atoms with E-state index in [0.29, 0.717) is 16.5 Å². The molecule has 0 aliphatic heterocycles. The summed E-state index contributed by atoms with van der Waals surface area (Å²) in [6.45, 7) is 3.46. The third kappa shape index (κ3) is 3.83. The number of esters is 1. The molecule has 0 saturated heterocycles. The summed E-state index contributed by atoms with van der Waals surface area (Å²) in [5.74, 6) is -1.03. The number of hydrogen-bond acceptors (Lipinski definition) is 6. The van der Waals surface area contributed by atoms with Crippen molar-refractivity contribution in [1.82, 2.24) is 5.32 Å². The van der Waals surface area contributed by atoms with Crippen LogP contribution in [0.4, 0.5) is 0 Å². The van der Waals surface area contributed by atoms with Gasteiger partial charge in [-0.1, -0.05) is 0 Å². The van der Waals surface area contributed by atoms with Crippen LogP contribution in [0.15, 0.2) is 50.2 Å². The Morgan fingerprint density at radius 1 is 1.15 bits per heavy atom. The summed E-state index contributed by atoms with van der Waals surface area (Å²) in [6, 6.07) is 8.02. The molecule has 0 spiro atoms. The number of carbonyl (C=O) groups is 2. The maximum absolute atomic E-state index is 11.9. The summed E-state index contributed by atoms with van der Waals surface area (Å²) in [5, 5.41) is 3.11.